The summed E-state index contributed by atoms with van der Waals surface area (Å²) in [7, 11) is 0. The summed E-state index contributed by atoms with van der Waals surface area (Å²) >= 11 is 0. The molecule has 1 N–H and O–H groups in total. The van der Waals surface area contributed by atoms with E-state index in [2.05, 4.69) is 11.4 Å². The predicted octanol–water partition coefficient (Wildman–Crippen LogP) is 1.72. The molecule has 1 aliphatic heterocycles. The van der Waals surface area contributed by atoms with Gasteiger partial charge in [0.15, 0.2) is 0 Å². The fourth-order valence-corrected chi connectivity index (χ4v) is 1.19. The highest BCUT2D eigenvalue weighted by molar-refractivity contribution is 5.89. The first-order valence-electron chi connectivity index (χ1n) is 4.38. The van der Waals surface area contributed by atoms with Crippen molar-refractivity contribution in [2.75, 3.05) is 18.4 Å². The third-order valence-electron chi connectivity index (χ3n) is 2.11. The highest BCUT2D eigenvalue weighted by Crippen LogP contribution is 2.10. The van der Waals surface area contributed by atoms with Gasteiger partial charge in [0.25, 0.3) is 0 Å². The van der Waals surface area contributed by atoms with Crippen LogP contribution in [0.25, 0.3) is 0 Å². The molecule has 0 saturated carbocycles. The van der Waals surface area contributed by atoms with Crippen molar-refractivity contribution < 1.29 is 4.79 Å². The summed E-state index contributed by atoms with van der Waals surface area (Å²) in [5.74, 6) is 0. The highest BCUT2D eigenvalue weighted by atomic mass is 16.2. The number of nitrogens with one attached hydrogen (secondary N) is 1. The standard InChI is InChI=1S/C10H11N2O/c13-10(12-7-4-8-12)11-9-5-2-1-3-6-9/h2-3,5-6H,4,7-8H2,(H,11,13). The van der Waals surface area contributed by atoms with Gasteiger partial charge in [-0.25, -0.2) is 4.79 Å². The van der Waals surface area contributed by atoms with Crippen LogP contribution in [0.15, 0.2) is 24.3 Å². The van der Waals surface area contributed by atoms with Crippen molar-refractivity contribution in [1.29, 1.82) is 0 Å². The van der Waals surface area contributed by atoms with E-state index < -0.39 is 0 Å². The highest BCUT2D eigenvalue weighted by Gasteiger charge is 2.19. The van der Waals surface area contributed by atoms with Crippen LogP contribution in [0.1, 0.15) is 6.42 Å². The largest absolute Gasteiger partial charge is 0.324 e. The van der Waals surface area contributed by atoms with Crippen LogP contribution in [-0.4, -0.2) is 24.0 Å². The molecule has 0 bridgehead atoms. The third-order valence-corrected chi connectivity index (χ3v) is 2.11. The smallest absolute Gasteiger partial charge is 0.321 e. The Hall–Kier alpha value is -1.51. The zero-order valence-electron chi connectivity index (χ0n) is 7.29. The Morgan fingerprint density at radius 3 is 2.62 bits per heavy atom. The Labute approximate surface area is 77.4 Å². The van der Waals surface area contributed by atoms with Gasteiger partial charge in [-0.05, 0) is 24.6 Å². The normalized spacial score (nSPS) is 14.9. The van der Waals surface area contributed by atoms with Crippen molar-refractivity contribution >= 4 is 11.7 Å². The van der Waals surface area contributed by atoms with E-state index in [-0.39, 0.29) is 6.03 Å². The number of carbonyl (C=O) groups excluding carboxylic acids is 1. The molecule has 1 fully saturated rings. The number of amides is 2. The van der Waals surface area contributed by atoms with Crippen molar-refractivity contribution in [2.24, 2.45) is 0 Å². The third kappa shape index (κ3) is 1.80. The van der Waals surface area contributed by atoms with E-state index >= 15 is 0 Å². The maximum atomic E-state index is 11.4. The molecule has 0 spiro atoms. The Balaban J connectivity index is 1.94. The molecule has 2 amide bonds. The summed E-state index contributed by atoms with van der Waals surface area (Å²) in [5, 5.41) is 2.81. The topological polar surface area (TPSA) is 32.3 Å². The van der Waals surface area contributed by atoms with Gasteiger partial charge in [-0.2, -0.15) is 0 Å². The SMILES string of the molecule is O=C(Nc1cc[c]cc1)N1CCC1. The lowest BCUT2D eigenvalue weighted by Crippen LogP contribution is -2.44. The first-order valence-corrected chi connectivity index (χ1v) is 4.38. The maximum Gasteiger partial charge on any atom is 0.321 e. The second-order valence-corrected chi connectivity index (χ2v) is 3.06. The second-order valence-electron chi connectivity index (χ2n) is 3.06. The predicted molar refractivity (Wildman–Crippen MR) is 50.5 cm³/mol. The first-order chi connectivity index (χ1) is 6.36. The van der Waals surface area contributed by atoms with E-state index in [0.29, 0.717) is 0 Å². The van der Waals surface area contributed by atoms with Crippen molar-refractivity contribution in [1.82, 2.24) is 4.90 Å². The summed E-state index contributed by atoms with van der Waals surface area (Å²) in [5.41, 5.74) is 0.829. The van der Waals surface area contributed by atoms with E-state index in [1.54, 1.807) is 17.0 Å². The van der Waals surface area contributed by atoms with Gasteiger partial charge in [-0.15, -0.1) is 0 Å². The van der Waals surface area contributed by atoms with Crippen LogP contribution in [0.5, 0.6) is 0 Å². The lowest BCUT2D eigenvalue weighted by molar-refractivity contribution is 0.181. The molecule has 1 saturated heterocycles. The van der Waals surface area contributed by atoms with Crippen LogP contribution >= 0.6 is 0 Å². The zero-order valence-corrected chi connectivity index (χ0v) is 7.29. The number of hydrogen-bond acceptors (Lipinski definition) is 1. The molecule has 3 nitrogen and oxygen atoms in total. The van der Waals surface area contributed by atoms with E-state index in [1.165, 1.54) is 0 Å². The molecule has 0 aliphatic carbocycles. The number of benzene rings is 1. The number of likely N-dealkylation sites (tertiary alicyclic amines) is 1. The summed E-state index contributed by atoms with van der Waals surface area (Å²) in [6, 6.07) is 10.1. The summed E-state index contributed by atoms with van der Waals surface area (Å²) in [6.45, 7) is 1.76. The van der Waals surface area contributed by atoms with E-state index in [0.717, 1.165) is 25.2 Å². The quantitative estimate of drug-likeness (QED) is 0.692. The minimum absolute atomic E-state index is 0.00236. The molecule has 67 valence electrons. The van der Waals surface area contributed by atoms with Crippen LogP contribution in [0, 0.1) is 6.07 Å². The Kier molecular flexibility index (Phi) is 2.17. The van der Waals surface area contributed by atoms with Crippen molar-refractivity contribution in [3.63, 3.8) is 0 Å². The zero-order chi connectivity index (χ0) is 9.10. The number of nitrogens with zero attached hydrogens (tertiary/aromatic N) is 1. The Morgan fingerprint density at radius 2 is 2.08 bits per heavy atom. The molecule has 1 radical (unpaired) electrons. The average molecular weight is 175 g/mol. The fraction of sp³-hybridized carbons (Fsp3) is 0.300. The molecule has 1 aromatic carbocycles. The second kappa shape index (κ2) is 3.47. The minimum Gasteiger partial charge on any atom is -0.324 e. The summed E-state index contributed by atoms with van der Waals surface area (Å²) < 4.78 is 0. The van der Waals surface area contributed by atoms with Crippen LogP contribution in [-0.2, 0) is 0 Å². The van der Waals surface area contributed by atoms with Crippen molar-refractivity contribution in [3.8, 4) is 0 Å². The lowest BCUT2D eigenvalue weighted by atomic mass is 10.2. The van der Waals surface area contributed by atoms with Gasteiger partial charge in [-0.1, -0.05) is 12.1 Å². The number of anilines is 1. The van der Waals surface area contributed by atoms with E-state index in [1.807, 2.05) is 12.1 Å². The van der Waals surface area contributed by atoms with Crippen molar-refractivity contribution in [2.45, 2.75) is 6.42 Å². The molecule has 13 heavy (non-hydrogen) atoms. The molecule has 1 heterocycles. The molecular formula is C10H11N2O. The monoisotopic (exact) mass is 175 g/mol. The molecule has 1 aromatic rings. The van der Waals surface area contributed by atoms with Gasteiger partial charge >= 0.3 is 6.03 Å². The number of carbonyl (C=O) groups is 1. The van der Waals surface area contributed by atoms with Crippen LogP contribution in [0.3, 0.4) is 0 Å². The Morgan fingerprint density at radius 1 is 1.38 bits per heavy atom. The molecule has 3 heteroatoms. The molecular weight excluding hydrogens is 164 g/mol. The van der Waals surface area contributed by atoms with E-state index in [4.69, 9.17) is 0 Å². The maximum absolute atomic E-state index is 11.4. The molecule has 0 unspecified atom stereocenters. The Bertz CT molecular complexity index is 293. The van der Waals surface area contributed by atoms with Crippen molar-refractivity contribution in [3.05, 3.63) is 30.3 Å². The number of hydrogen-bond donors (Lipinski definition) is 1. The fourth-order valence-electron chi connectivity index (χ4n) is 1.19. The first kappa shape index (κ1) is 8.10. The van der Waals surface area contributed by atoms with Gasteiger partial charge in [0.2, 0.25) is 0 Å². The summed E-state index contributed by atoms with van der Waals surface area (Å²) in [6.07, 6.45) is 1.12. The van der Waals surface area contributed by atoms with Crippen LogP contribution in [0.2, 0.25) is 0 Å². The van der Waals surface area contributed by atoms with Gasteiger partial charge in [-0.3, -0.25) is 0 Å². The number of urea groups is 1. The molecule has 2 rings (SSSR count). The van der Waals surface area contributed by atoms with Gasteiger partial charge in [0, 0.05) is 18.8 Å². The number of rotatable bonds is 1. The van der Waals surface area contributed by atoms with Gasteiger partial charge in [0.05, 0.1) is 0 Å². The van der Waals surface area contributed by atoms with Gasteiger partial charge < -0.3 is 10.2 Å². The van der Waals surface area contributed by atoms with Crippen LogP contribution in [0.4, 0.5) is 10.5 Å². The minimum atomic E-state index is -0.00236. The molecule has 0 aromatic heterocycles. The van der Waals surface area contributed by atoms with Gasteiger partial charge in [0.1, 0.15) is 0 Å². The summed E-state index contributed by atoms with van der Waals surface area (Å²) in [4.78, 5) is 13.2. The van der Waals surface area contributed by atoms with Crippen LogP contribution < -0.4 is 5.32 Å². The average Bonchev–Trinajstić information content (AvgIpc) is 2.02. The molecule has 0 atom stereocenters. The van der Waals surface area contributed by atoms with E-state index in [9.17, 15) is 4.79 Å². The molecule has 1 aliphatic rings. The lowest BCUT2D eigenvalue weighted by Gasteiger charge is -2.30.